The van der Waals surface area contributed by atoms with Crippen LogP contribution in [0.1, 0.15) is 11.4 Å². The van der Waals surface area contributed by atoms with Crippen LogP contribution in [0.4, 0.5) is 5.69 Å². The molecule has 1 aromatic heterocycles. The van der Waals surface area contributed by atoms with Gasteiger partial charge in [-0.05, 0) is 25.1 Å². The van der Waals surface area contributed by atoms with E-state index in [1.54, 1.807) is 6.92 Å². The van der Waals surface area contributed by atoms with Gasteiger partial charge in [-0.15, -0.1) is 0 Å². The van der Waals surface area contributed by atoms with Crippen molar-refractivity contribution in [2.24, 2.45) is 0 Å². The largest absolute Gasteiger partial charge is 0.490 e. The molecule has 0 aliphatic carbocycles. The summed E-state index contributed by atoms with van der Waals surface area (Å²) in [5.74, 6) is 0.298. The van der Waals surface area contributed by atoms with Gasteiger partial charge < -0.3 is 9.47 Å². The number of methoxy groups -OCH3 is 1. The summed E-state index contributed by atoms with van der Waals surface area (Å²) in [5.41, 5.74) is 0.475. The monoisotopic (exact) mass is 286 g/mol. The van der Waals surface area contributed by atoms with Crippen LogP contribution in [0.25, 0.3) is 0 Å². The average molecular weight is 286 g/mol. The summed E-state index contributed by atoms with van der Waals surface area (Å²) in [5, 5.41) is 19.8. The standard InChI is InChI=1S/C13H10N4O4/c1-8-5-9(7-14)16-13(15-8)21-10-3-4-12(20-2)11(6-10)17(18)19/h3-6H,1-2H3. The Hall–Kier alpha value is -3.21. The molecule has 0 saturated heterocycles. The molecule has 106 valence electrons. The maximum absolute atomic E-state index is 10.9. The van der Waals surface area contributed by atoms with Crippen molar-refractivity contribution in [2.45, 2.75) is 6.92 Å². The van der Waals surface area contributed by atoms with Gasteiger partial charge in [-0.3, -0.25) is 10.1 Å². The Labute approximate surface area is 119 Å². The molecule has 0 unspecified atom stereocenters. The lowest BCUT2D eigenvalue weighted by Gasteiger charge is -2.06. The van der Waals surface area contributed by atoms with Crippen molar-refractivity contribution in [3.8, 4) is 23.6 Å². The van der Waals surface area contributed by atoms with E-state index in [0.717, 1.165) is 0 Å². The number of rotatable bonds is 4. The summed E-state index contributed by atoms with van der Waals surface area (Å²) in [4.78, 5) is 18.2. The zero-order valence-electron chi connectivity index (χ0n) is 11.2. The number of nitro benzene ring substituents is 1. The predicted molar refractivity (Wildman–Crippen MR) is 71.2 cm³/mol. The predicted octanol–water partition coefficient (Wildman–Crippen LogP) is 2.37. The summed E-state index contributed by atoms with van der Waals surface area (Å²) >= 11 is 0. The molecule has 1 aromatic carbocycles. The number of ether oxygens (including phenoxy) is 2. The van der Waals surface area contributed by atoms with Crippen LogP contribution >= 0.6 is 0 Å². The van der Waals surface area contributed by atoms with E-state index in [-0.39, 0.29) is 28.9 Å². The van der Waals surface area contributed by atoms with Crippen LogP contribution in [0.2, 0.25) is 0 Å². The first-order valence-electron chi connectivity index (χ1n) is 5.79. The van der Waals surface area contributed by atoms with Crippen LogP contribution in [0, 0.1) is 28.4 Å². The van der Waals surface area contributed by atoms with Crippen molar-refractivity contribution in [3.05, 3.63) is 45.8 Å². The van der Waals surface area contributed by atoms with Crippen molar-refractivity contribution in [3.63, 3.8) is 0 Å². The second-order valence-corrected chi connectivity index (χ2v) is 3.98. The van der Waals surface area contributed by atoms with Gasteiger partial charge in [-0.25, -0.2) is 4.98 Å². The number of nitro groups is 1. The first-order chi connectivity index (χ1) is 10.0. The van der Waals surface area contributed by atoms with Crippen molar-refractivity contribution in [1.29, 1.82) is 5.26 Å². The molecule has 0 saturated carbocycles. The molecular formula is C13H10N4O4. The van der Waals surface area contributed by atoms with Gasteiger partial charge in [0.15, 0.2) is 5.75 Å². The van der Waals surface area contributed by atoms with Gasteiger partial charge in [0.1, 0.15) is 17.5 Å². The van der Waals surface area contributed by atoms with Crippen molar-refractivity contribution in [1.82, 2.24) is 9.97 Å². The zero-order chi connectivity index (χ0) is 15.4. The molecule has 2 aromatic rings. The molecule has 0 bridgehead atoms. The fourth-order valence-electron chi connectivity index (χ4n) is 1.63. The van der Waals surface area contributed by atoms with Gasteiger partial charge >= 0.3 is 11.7 Å². The first-order valence-corrected chi connectivity index (χ1v) is 5.79. The summed E-state index contributed by atoms with van der Waals surface area (Å²) in [6, 6.07) is 7.44. The molecule has 21 heavy (non-hydrogen) atoms. The quantitative estimate of drug-likeness (QED) is 0.626. The highest BCUT2D eigenvalue weighted by atomic mass is 16.6. The smallest absolute Gasteiger partial charge is 0.323 e. The van der Waals surface area contributed by atoms with E-state index in [4.69, 9.17) is 14.7 Å². The SMILES string of the molecule is COc1ccc(Oc2nc(C)cc(C#N)n2)cc1[N+](=O)[O-]. The second kappa shape index (κ2) is 5.83. The highest BCUT2D eigenvalue weighted by Crippen LogP contribution is 2.32. The normalized spacial score (nSPS) is 9.76. The lowest BCUT2D eigenvalue weighted by atomic mass is 10.3. The number of benzene rings is 1. The highest BCUT2D eigenvalue weighted by molar-refractivity contribution is 5.51. The number of aryl methyl sites for hydroxylation is 1. The summed E-state index contributed by atoms with van der Waals surface area (Å²) in [7, 11) is 1.34. The van der Waals surface area contributed by atoms with Crippen LogP contribution in [0.15, 0.2) is 24.3 Å². The van der Waals surface area contributed by atoms with Gasteiger partial charge in [0.25, 0.3) is 0 Å². The van der Waals surface area contributed by atoms with Crippen LogP contribution in [-0.4, -0.2) is 22.0 Å². The van der Waals surface area contributed by atoms with Gasteiger partial charge in [0.05, 0.1) is 18.1 Å². The van der Waals surface area contributed by atoms with Crippen molar-refractivity contribution >= 4 is 5.69 Å². The van der Waals surface area contributed by atoms with E-state index >= 15 is 0 Å². The minimum Gasteiger partial charge on any atom is -0.490 e. The first kappa shape index (κ1) is 14.2. The van der Waals surface area contributed by atoms with E-state index in [1.165, 1.54) is 31.4 Å². The molecule has 0 aliphatic rings. The minimum absolute atomic E-state index is 0.0500. The van der Waals surface area contributed by atoms with E-state index in [1.807, 2.05) is 6.07 Å². The topological polar surface area (TPSA) is 111 Å². The third-order valence-electron chi connectivity index (χ3n) is 2.50. The lowest BCUT2D eigenvalue weighted by molar-refractivity contribution is -0.385. The Morgan fingerprint density at radius 3 is 2.71 bits per heavy atom. The van der Waals surface area contributed by atoms with E-state index in [2.05, 4.69) is 9.97 Å². The molecule has 0 N–H and O–H groups in total. The molecule has 0 radical (unpaired) electrons. The van der Waals surface area contributed by atoms with E-state index in [0.29, 0.717) is 5.69 Å². The van der Waals surface area contributed by atoms with Crippen LogP contribution in [0.3, 0.4) is 0 Å². The maximum Gasteiger partial charge on any atom is 0.323 e. The zero-order valence-corrected chi connectivity index (χ0v) is 11.2. The number of nitriles is 1. The molecule has 8 heteroatoms. The minimum atomic E-state index is -0.580. The molecule has 8 nitrogen and oxygen atoms in total. The van der Waals surface area contributed by atoms with Gasteiger partial charge in [0.2, 0.25) is 0 Å². The third kappa shape index (κ3) is 3.22. The van der Waals surface area contributed by atoms with E-state index in [9.17, 15) is 10.1 Å². The van der Waals surface area contributed by atoms with Crippen LogP contribution < -0.4 is 9.47 Å². The highest BCUT2D eigenvalue weighted by Gasteiger charge is 2.16. The molecule has 0 spiro atoms. The molecular weight excluding hydrogens is 276 g/mol. The van der Waals surface area contributed by atoms with Crippen LogP contribution in [-0.2, 0) is 0 Å². The fraction of sp³-hybridized carbons (Fsp3) is 0.154. The molecule has 2 rings (SSSR count). The van der Waals surface area contributed by atoms with Gasteiger partial charge in [0, 0.05) is 5.69 Å². The van der Waals surface area contributed by atoms with Gasteiger partial charge in [-0.1, -0.05) is 0 Å². The van der Waals surface area contributed by atoms with Gasteiger partial charge in [-0.2, -0.15) is 10.2 Å². The Morgan fingerprint density at radius 2 is 2.10 bits per heavy atom. The van der Waals surface area contributed by atoms with Crippen LogP contribution in [0.5, 0.6) is 17.5 Å². The number of hydrogen-bond acceptors (Lipinski definition) is 7. The summed E-state index contributed by atoms with van der Waals surface area (Å²) in [6.07, 6.45) is 0. The summed E-state index contributed by atoms with van der Waals surface area (Å²) < 4.78 is 10.3. The second-order valence-electron chi connectivity index (χ2n) is 3.98. The van der Waals surface area contributed by atoms with Crippen molar-refractivity contribution < 1.29 is 14.4 Å². The Morgan fingerprint density at radius 1 is 1.33 bits per heavy atom. The Balaban J connectivity index is 2.36. The molecule has 0 atom stereocenters. The lowest BCUT2D eigenvalue weighted by Crippen LogP contribution is -1.98. The molecule has 0 amide bonds. The molecule has 1 heterocycles. The average Bonchev–Trinajstić information content (AvgIpc) is 2.46. The van der Waals surface area contributed by atoms with Crippen molar-refractivity contribution in [2.75, 3.05) is 7.11 Å². The third-order valence-corrected chi connectivity index (χ3v) is 2.50. The fourth-order valence-corrected chi connectivity index (χ4v) is 1.63. The molecule has 0 aliphatic heterocycles. The number of aromatic nitrogens is 2. The summed E-state index contributed by atoms with van der Waals surface area (Å²) in [6.45, 7) is 1.69. The Bertz CT molecular complexity index is 739. The van der Waals surface area contributed by atoms with E-state index < -0.39 is 4.92 Å². The number of nitrogens with zero attached hydrogens (tertiary/aromatic N) is 4. The number of hydrogen-bond donors (Lipinski definition) is 0. The molecule has 0 fully saturated rings. The Kier molecular flexibility index (Phi) is 3.95. The maximum atomic E-state index is 10.9.